The number of phenolic OH excluding ortho intramolecular Hbond substituents is 1. The molecule has 2 heterocycles. The van der Waals surface area contributed by atoms with Crippen molar-refractivity contribution in [1.82, 2.24) is 0 Å². The van der Waals surface area contributed by atoms with E-state index < -0.39 is 0 Å². The van der Waals surface area contributed by atoms with Crippen molar-refractivity contribution in [1.29, 1.82) is 0 Å². The number of anilines is 1. The molecule has 1 aromatic carbocycles. The Labute approximate surface area is 101 Å². The minimum atomic E-state index is -0.0771. The molecule has 1 aromatic rings. The van der Waals surface area contributed by atoms with Crippen LogP contribution in [0.4, 0.5) is 5.69 Å². The number of likely N-dealkylation sites (N-methyl/N-ethyl adjacent to an activating group) is 2. The Morgan fingerprint density at radius 3 is 2.88 bits per heavy atom. The maximum Gasteiger partial charge on any atom is 0.203 e. The standard InChI is InChI=1S/C13H18N2O2/c1-13-6-7-15(3,17)12(13)14(2)11-5-4-9(16)8-10(11)13/h4-5,8,12,17H,6-7H2,1-3H3/p+1/t12?,13-,15?/m0/s1. The molecule has 0 amide bonds. The van der Waals surface area contributed by atoms with E-state index in [-0.39, 0.29) is 16.2 Å². The number of likely N-dealkylation sites (tertiary alicyclic amines) is 1. The molecule has 0 radical (unpaired) electrons. The number of hydrogen-bond acceptors (Lipinski definition) is 3. The Balaban J connectivity index is 2.21. The Bertz CT molecular complexity index is 486. The minimum absolute atomic E-state index is 0.0302. The molecular formula is C13H19N2O2+. The summed E-state index contributed by atoms with van der Waals surface area (Å²) in [5, 5.41) is 20.1. The Hall–Kier alpha value is -1.26. The number of aromatic hydroxyl groups is 1. The molecular weight excluding hydrogens is 216 g/mol. The topological polar surface area (TPSA) is 43.7 Å². The van der Waals surface area contributed by atoms with Gasteiger partial charge in [0.15, 0.2) is 0 Å². The second-order valence-corrected chi connectivity index (χ2v) is 5.79. The summed E-state index contributed by atoms with van der Waals surface area (Å²) in [6.07, 6.45) is 0.977. The summed E-state index contributed by atoms with van der Waals surface area (Å²) in [5.74, 6) is 0.304. The summed E-state index contributed by atoms with van der Waals surface area (Å²) in [7, 11) is 3.88. The molecule has 2 aliphatic rings. The Kier molecular flexibility index (Phi) is 1.88. The van der Waals surface area contributed by atoms with E-state index in [9.17, 15) is 10.3 Å². The largest absolute Gasteiger partial charge is 0.508 e. The molecule has 3 atom stereocenters. The number of fused-ring (bicyclic) bond motifs is 3. The predicted molar refractivity (Wildman–Crippen MR) is 65.1 cm³/mol. The number of quaternary nitrogens is 1. The molecule has 0 bridgehead atoms. The van der Waals surface area contributed by atoms with Gasteiger partial charge < -0.3 is 10.0 Å². The summed E-state index contributed by atoms with van der Waals surface area (Å²) in [6.45, 7) is 2.93. The summed E-state index contributed by atoms with van der Waals surface area (Å²) >= 11 is 0. The van der Waals surface area contributed by atoms with Crippen LogP contribution in [0.2, 0.25) is 0 Å². The highest BCUT2D eigenvalue weighted by atomic mass is 16.6. The molecule has 4 heteroatoms. The molecule has 17 heavy (non-hydrogen) atoms. The highest BCUT2D eigenvalue weighted by Gasteiger charge is 2.61. The number of phenols is 1. The lowest BCUT2D eigenvalue weighted by Crippen LogP contribution is -2.56. The molecule has 3 rings (SSSR count). The highest BCUT2D eigenvalue weighted by molar-refractivity contribution is 5.65. The number of hydrogen-bond donors (Lipinski definition) is 2. The van der Waals surface area contributed by atoms with Gasteiger partial charge in [0, 0.05) is 19.2 Å². The van der Waals surface area contributed by atoms with Crippen molar-refractivity contribution < 1.29 is 15.0 Å². The van der Waals surface area contributed by atoms with Crippen molar-refractivity contribution in [3.8, 4) is 5.75 Å². The zero-order valence-corrected chi connectivity index (χ0v) is 10.5. The van der Waals surface area contributed by atoms with Gasteiger partial charge >= 0.3 is 0 Å². The second-order valence-electron chi connectivity index (χ2n) is 5.79. The van der Waals surface area contributed by atoms with Crippen LogP contribution < -0.4 is 4.90 Å². The first kappa shape index (κ1) is 10.9. The van der Waals surface area contributed by atoms with Crippen LogP contribution in [0.1, 0.15) is 18.9 Å². The predicted octanol–water partition coefficient (Wildman–Crippen LogP) is 1.67. The second kappa shape index (κ2) is 2.94. The van der Waals surface area contributed by atoms with E-state index in [0.717, 1.165) is 24.2 Å². The lowest BCUT2D eigenvalue weighted by atomic mass is 9.81. The van der Waals surface area contributed by atoms with Gasteiger partial charge in [-0.05, 0) is 30.7 Å². The number of rotatable bonds is 0. The first-order valence-electron chi connectivity index (χ1n) is 6.00. The number of benzene rings is 1. The van der Waals surface area contributed by atoms with Crippen LogP contribution in [0, 0.1) is 0 Å². The van der Waals surface area contributed by atoms with Gasteiger partial charge in [-0.2, -0.15) is 4.65 Å². The van der Waals surface area contributed by atoms with E-state index in [4.69, 9.17) is 0 Å². The normalized spacial score (nSPS) is 39.3. The molecule has 4 nitrogen and oxygen atoms in total. The van der Waals surface area contributed by atoms with Crippen LogP contribution in [0.3, 0.4) is 0 Å². The fraction of sp³-hybridized carbons (Fsp3) is 0.538. The third-order valence-electron chi connectivity index (χ3n) is 4.52. The zero-order valence-electron chi connectivity index (χ0n) is 10.5. The van der Waals surface area contributed by atoms with Gasteiger partial charge in [-0.3, -0.25) is 0 Å². The summed E-state index contributed by atoms with van der Waals surface area (Å²) in [5.41, 5.74) is 2.20. The summed E-state index contributed by atoms with van der Waals surface area (Å²) in [4.78, 5) is 2.14. The van der Waals surface area contributed by atoms with Gasteiger partial charge in [-0.1, -0.05) is 0 Å². The average molecular weight is 235 g/mol. The molecule has 1 fully saturated rings. The van der Waals surface area contributed by atoms with Gasteiger partial charge in [0.2, 0.25) is 6.17 Å². The van der Waals surface area contributed by atoms with E-state index in [0.29, 0.717) is 5.75 Å². The zero-order chi connectivity index (χ0) is 12.4. The molecule has 2 aliphatic heterocycles. The van der Waals surface area contributed by atoms with Gasteiger partial charge in [-0.25, -0.2) is 5.21 Å². The van der Waals surface area contributed by atoms with Crippen LogP contribution >= 0.6 is 0 Å². The average Bonchev–Trinajstić information content (AvgIpc) is 2.61. The van der Waals surface area contributed by atoms with Crippen LogP contribution in [0.5, 0.6) is 5.75 Å². The van der Waals surface area contributed by atoms with Gasteiger partial charge in [0.1, 0.15) is 19.3 Å². The van der Waals surface area contributed by atoms with E-state index in [1.807, 2.05) is 26.2 Å². The van der Waals surface area contributed by atoms with Crippen molar-refractivity contribution in [2.24, 2.45) is 0 Å². The smallest absolute Gasteiger partial charge is 0.203 e. The summed E-state index contributed by atoms with van der Waals surface area (Å²) in [6, 6.07) is 5.49. The molecule has 0 aliphatic carbocycles. The first-order valence-corrected chi connectivity index (χ1v) is 6.00. The Morgan fingerprint density at radius 2 is 2.18 bits per heavy atom. The maximum atomic E-state index is 10.5. The van der Waals surface area contributed by atoms with Gasteiger partial charge in [0.05, 0.1) is 5.41 Å². The van der Waals surface area contributed by atoms with Gasteiger partial charge in [-0.15, -0.1) is 0 Å². The van der Waals surface area contributed by atoms with Crippen molar-refractivity contribution in [3.05, 3.63) is 23.8 Å². The summed E-state index contributed by atoms with van der Waals surface area (Å²) < 4.78 is 0.0302. The fourth-order valence-corrected chi connectivity index (χ4v) is 3.82. The monoisotopic (exact) mass is 235 g/mol. The van der Waals surface area contributed by atoms with Crippen molar-refractivity contribution in [2.75, 3.05) is 25.5 Å². The van der Waals surface area contributed by atoms with Crippen molar-refractivity contribution >= 4 is 5.69 Å². The fourth-order valence-electron chi connectivity index (χ4n) is 3.82. The molecule has 0 aromatic heterocycles. The van der Waals surface area contributed by atoms with Crippen LogP contribution in [0.15, 0.2) is 18.2 Å². The minimum Gasteiger partial charge on any atom is -0.508 e. The molecule has 0 saturated carbocycles. The SMILES string of the molecule is CN1c2ccc(O)cc2[C@]2(C)CC[N+](C)(O)C12. The van der Waals surface area contributed by atoms with Crippen molar-refractivity contribution in [2.45, 2.75) is 24.9 Å². The van der Waals surface area contributed by atoms with E-state index in [1.54, 1.807) is 6.07 Å². The van der Waals surface area contributed by atoms with Gasteiger partial charge in [0.25, 0.3) is 0 Å². The first-order chi connectivity index (χ1) is 7.86. The number of hydroxylamine groups is 3. The van der Waals surface area contributed by atoms with Crippen molar-refractivity contribution in [3.63, 3.8) is 0 Å². The van der Waals surface area contributed by atoms with E-state index in [1.165, 1.54) is 0 Å². The van der Waals surface area contributed by atoms with Crippen LogP contribution in [0.25, 0.3) is 0 Å². The van der Waals surface area contributed by atoms with E-state index in [2.05, 4.69) is 11.8 Å². The molecule has 1 saturated heterocycles. The quantitative estimate of drug-likeness (QED) is 0.672. The lowest BCUT2D eigenvalue weighted by Gasteiger charge is -2.34. The molecule has 2 N–H and O–H groups in total. The van der Waals surface area contributed by atoms with E-state index >= 15 is 0 Å². The third kappa shape index (κ3) is 1.20. The third-order valence-corrected chi connectivity index (χ3v) is 4.52. The van der Waals surface area contributed by atoms with Crippen LogP contribution in [-0.4, -0.2) is 41.8 Å². The van der Waals surface area contributed by atoms with Crippen LogP contribution in [-0.2, 0) is 5.41 Å². The maximum absolute atomic E-state index is 10.5. The number of nitrogens with zero attached hydrogens (tertiary/aromatic N) is 2. The molecule has 0 spiro atoms. The molecule has 2 unspecified atom stereocenters. The molecule has 92 valence electrons. The highest BCUT2D eigenvalue weighted by Crippen LogP contribution is 2.53. The lowest BCUT2D eigenvalue weighted by molar-refractivity contribution is -1.10. The Morgan fingerprint density at radius 1 is 1.47 bits per heavy atom.